The summed E-state index contributed by atoms with van der Waals surface area (Å²) in [6, 6.07) is 13.4. The minimum Gasteiger partial charge on any atom is -0.266 e. The fourth-order valence-corrected chi connectivity index (χ4v) is 3.14. The largest absolute Gasteiger partial charge is 0.266 e. The van der Waals surface area contributed by atoms with Crippen LogP contribution < -0.4 is 4.31 Å². The van der Waals surface area contributed by atoms with Gasteiger partial charge in [0.15, 0.2) is 0 Å². The Hall–Kier alpha value is -1.74. The fourth-order valence-electron chi connectivity index (χ4n) is 1.93. The zero-order valence-electron chi connectivity index (χ0n) is 11.6. The highest BCUT2D eigenvalue weighted by Crippen LogP contribution is 2.26. The third-order valence-electron chi connectivity index (χ3n) is 2.97. The van der Waals surface area contributed by atoms with E-state index in [4.69, 9.17) is 28.5 Å². The second kappa shape index (κ2) is 6.57. The van der Waals surface area contributed by atoms with E-state index in [9.17, 15) is 8.42 Å². The lowest BCUT2D eigenvalue weighted by Crippen LogP contribution is -2.29. The Morgan fingerprint density at radius 2 is 1.86 bits per heavy atom. The highest BCUT2D eigenvalue weighted by Gasteiger charge is 2.18. The maximum absolute atomic E-state index is 12.1. The molecule has 0 spiro atoms. The van der Waals surface area contributed by atoms with Crippen molar-refractivity contribution in [2.75, 3.05) is 10.6 Å². The van der Waals surface area contributed by atoms with Gasteiger partial charge in [-0.2, -0.15) is 5.26 Å². The van der Waals surface area contributed by atoms with Crippen LogP contribution in [0.1, 0.15) is 11.1 Å². The van der Waals surface area contributed by atoms with Gasteiger partial charge in [-0.15, -0.1) is 0 Å². The van der Waals surface area contributed by atoms with Gasteiger partial charge in [0, 0.05) is 0 Å². The monoisotopic (exact) mass is 354 g/mol. The zero-order chi connectivity index (χ0) is 16.3. The molecule has 2 rings (SSSR count). The van der Waals surface area contributed by atoms with E-state index < -0.39 is 10.0 Å². The lowest BCUT2D eigenvalue weighted by molar-refractivity contribution is 0.596. The average Bonchev–Trinajstić information content (AvgIpc) is 2.47. The van der Waals surface area contributed by atoms with Crippen LogP contribution in [-0.4, -0.2) is 14.7 Å². The van der Waals surface area contributed by atoms with Crippen molar-refractivity contribution >= 4 is 38.9 Å². The van der Waals surface area contributed by atoms with E-state index in [0.717, 1.165) is 6.26 Å². The number of nitrogens with zero attached hydrogens (tertiary/aromatic N) is 2. The molecule has 2 aromatic rings. The normalized spacial score (nSPS) is 11.0. The minimum atomic E-state index is -3.52. The molecule has 4 nitrogen and oxygen atoms in total. The van der Waals surface area contributed by atoms with E-state index in [1.165, 1.54) is 10.4 Å². The first-order chi connectivity index (χ1) is 10.3. The van der Waals surface area contributed by atoms with Crippen LogP contribution in [-0.2, 0) is 16.6 Å². The average molecular weight is 355 g/mol. The van der Waals surface area contributed by atoms with Crippen molar-refractivity contribution in [1.82, 2.24) is 0 Å². The highest BCUT2D eigenvalue weighted by atomic mass is 35.5. The lowest BCUT2D eigenvalue weighted by atomic mass is 10.2. The quantitative estimate of drug-likeness (QED) is 0.837. The first-order valence-corrected chi connectivity index (χ1v) is 8.83. The summed E-state index contributed by atoms with van der Waals surface area (Å²) in [5, 5.41) is 9.72. The molecule has 114 valence electrons. The molecular weight excluding hydrogens is 343 g/mol. The van der Waals surface area contributed by atoms with E-state index >= 15 is 0 Å². The van der Waals surface area contributed by atoms with Gasteiger partial charge in [0.25, 0.3) is 0 Å². The van der Waals surface area contributed by atoms with Crippen LogP contribution in [0.2, 0.25) is 10.0 Å². The molecule has 0 atom stereocenters. The second-order valence-electron chi connectivity index (χ2n) is 4.68. The van der Waals surface area contributed by atoms with Crippen LogP contribution in [0.5, 0.6) is 0 Å². The van der Waals surface area contributed by atoms with Crippen molar-refractivity contribution in [2.45, 2.75) is 6.54 Å². The van der Waals surface area contributed by atoms with Gasteiger partial charge in [-0.3, -0.25) is 4.31 Å². The molecule has 2 aromatic carbocycles. The van der Waals surface area contributed by atoms with E-state index in [1.807, 2.05) is 6.07 Å². The molecule has 0 aliphatic rings. The maximum atomic E-state index is 12.1. The molecule has 0 amide bonds. The van der Waals surface area contributed by atoms with Gasteiger partial charge < -0.3 is 0 Å². The predicted octanol–water partition coefficient (Wildman–Crippen LogP) is 3.83. The molecule has 7 heteroatoms. The van der Waals surface area contributed by atoms with Gasteiger partial charge in [0.2, 0.25) is 10.0 Å². The maximum Gasteiger partial charge on any atom is 0.232 e. The third-order valence-corrected chi connectivity index (χ3v) is 4.85. The number of rotatable bonds is 4. The van der Waals surface area contributed by atoms with Crippen LogP contribution in [0.3, 0.4) is 0 Å². The molecule has 0 aromatic heterocycles. The summed E-state index contributed by atoms with van der Waals surface area (Å²) in [6.45, 7) is 0.102. The Morgan fingerprint density at radius 3 is 2.45 bits per heavy atom. The molecule has 0 aliphatic heterocycles. The molecule has 0 bridgehead atoms. The number of benzene rings is 2. The molecule has 0 N–H and O–H groups in total. The Morgan fingerprint density at radius 1 is 1.14 bits per heavy atom. The molecule has 0 heterocycles. The summed E-state index contributed by atoms with van der Waals surface area (Å²) in [7, 11) is -3.52. The van der Waals surface area contributed by atoms with Gasteiger partial charge in [0.1, 0.15) is 0 Å². The van der Waals surface area contributed by atoms with Crippen molar-refractivity contribution in [3.05, 3.63) is 63.6 Å². The van der Waals surface area contributed by atoms with Gasteiger partial charge in [0.05, 0.1) is 40.2 Å². The molecular formula is C15H12Cl2N2O2S. The number of hydrogen-bond acceptors (Lipinski definition) is 3. The van der Waals surface area contributed by atoms with E-state index in [2.05, 4.69) is 0 Å². The first kappa shape index (κ1) is 16.6. The summed E-state index contributed by atoms with van der Waals surface area (Å²) < 4.78 is 25.4. The van der Waals surface area contributed by atoms with E-state index in [0.29, 0.717) is 26.9 Å². The number of anilines is 1. The predicted molar refractivity (Wildman–Crippen MR) is 88.6 cm³/mol. The number of nitriles is 1. The molecule has 0 fully saturated rings. The van der Waals surface area contributed by atoms with Gasteiger partial charge >= 0.3 is 0 Å². The lowest BCUT2D eigenvalue weighted by Gasteiger charge is -2.23. The summed E-state index contributed by atoms with van der Waals surface area (Å²) in [4.78, 5) is 0. The molecule has 0 saturated heterocycles. The zero-order valence-corrected chi connectivity index (χ0v) is 14.0. The summed E-state index contributed by atoms with van der Waals surface area (Å²) in [6.07, 6.45) is 1.11. The summed E-state index contributed by atoms with van der Waals surface area (Å²) in [5.74, 6) is 0. The standard InChI is InChI=1S/C15H12Cl2N2O2S/c1-22(20,21)19(13-4-2-3-11(7-13)9-18)10-12-5-6-14(16)15(17)8-12/h2-8H,10H2,1H3. The summed E-state index contributed by atoms with van der Waals surface area (Å²) in [5.41, 5.74) is 1.51. The van der Waals surface area contributed by atoms with Crippen LogP contribution in [0.25, 0.3) is 0 Å². The number of sulfonamides is 1. The third kappa shape index (κ3) is 3.92. The fraction of sp³-hybridized carbons (Fsp3) is 0.133. The highest BCUT2D eigenvalue weighted by molar-refractivity contribution is 7.92. The van der Waals surface area contributed by atoms with Gasteiger partial charge in [-0.25, -0.2) is 8.42 Å². The van der Waals surface area contributed by atoms with E-state index in [-0.39, 0.29) is 6.54 Å². The van der Waals surface area contributed by atoms with Crippen molar-refractivity contribution in [3.8, 4) is 6.07 Å². The number of halogens is 2. The first-order valence-electron chi connectivity index (χ1n) is 6.23. The molecule has 0 aliphatic carbocycles. The molecule has 0 unspecified atom stereocenters. The Labute approximate surface area is 139 Å². The molecule has 22 heavy (non-hydrogen) atoms. The van der Waals surface area contributed by atoms with E-state index in [1.54, 1.807) is 36.4 Å². The van der Waals surface area contributed by atoms with Crippen LogP contribution in [0, 0.1) is 11.3 Å². The van der Waals surface area contributed by atoms with Crippen LogP contribution >= 0.6 is 23.2 Å². The SMILES string of the molecule is CS(=O)(=O)N(Cc1ccc(Cl)c(Cl)c1)c1cccc(C#N)c1. The minimum absolute atomic E-state index is 0.102. The smallest absolute Gasteiger partial charge is 0.232 e. The second-order valence-corrected chi connectivity index (χ2v) is 7.40. The van der Waals surface area contributed by atoms with Crippen LogP contribution in [0.15, 0.2) is 42.5 Å². The molecule has 0 saturated carbocycles. The van der Waals surface area contributed by atoms with Crippen molar-refractivity contribution < 1.29 is 8.42 Å². The van der Waals surface area contributed by atoms with Crippen molar-refractivity contribution in [1.29, 1.82) is 5.26 Å². The topological polar surface area (TPSA) is 61.2 Å². The Bertz CT molecular complexity index is 845. The molecule has 0 radical (unpaired) electrons. The Balaban J connectivity index is 2.43. The van der Waals surface area contributed by atoms with Crippen LogP contribution in [0.4, 0.5) is 5.69 Å². The Kier molecular flexibility index (Phi) is 4.97. The van der Waals surface area contributed by atoms with Crippen molar-refractivity contribution in [3.63, 3.8) is 0 Å². The van der Waals surface area contributed by atoms with Gasteiger partial charge in [-0.1, -0.05) is 35.3 Å². The van der Waals surface area contributed by atoms with Crippen molar-refractivity contribution in [2.24, 2.45) is 0 Å². The number of hydrogen-bond donors (Lipinski definition) is 0. The van der Waals surface area contributed by atoms with Gasteiger partial charge in [-0.05, 0) is 35.9 Å². The summed E-state index contributed by atoms with van der Waals surface area (Å²) >= 11 is 11.8.